The van der Waals surface area contributed by atoms with Crippen LogP contribution < -0.4 is 5.32 Å². The van der Waals surface area contributed by atoms with Gasteiger partial charge in [0.05, 0.1) is 29.0 Å². The smallest absolute Gasteiger partial charge is 0.339 e. The number of carboxylic acid groups (broad SMARTS) is 1. The standard InChI is InChI=1S/C24H29N5O.C13H14N2O2/c1-18-22(27-29(26-18)21-12-8-5-9-13-21)23(30)25-20-14-16-24(17-15-20,28(2)3)19-10-6-4-7-11-19;1-2-6-12-11(13(16)17)9-14-15(12)10-7-4-3-5-8-10/h4-13,20H,14-17H2,1-3H3,(H,25,30);3-5,7-9H,2,6H2,1H3,(H,16,17). The van der Waals surface area contributed by atoms with E-state index in [1.54, 1.807) is 4.68 Å². The summed E-state index contributed by atoms with van der Waals surface area (Å²) in [6, 6.07) is 30.1. The third-order valence-electron chi connectivity index (χ3n) is 8.89. The molecule has 1 fully saturated rings. The summed E-state index contributed by atoms with van der Waals surface area (Å²) in [5.74, 6) is -1.06. The fourth-order valence-electron chi connectivity index (χ4n) is 6.32. The second kappa shape index (κ2) is 15.0. The van der Waals surface area contributed by atoms with Gasteiger partial charge in [-0.2, -0.15) is 15.0 Å². The number of nitrogens with zero attached hydrogens (tertiary/aromatic N) is 6. The molecule has 1 amide bonds. The van der Waals surface area contributed by atoms with Crippen molar-refractivity contribution in [3.8, 4) is 11.4 Å². The van der Waals surface area contributed by atoms with Crippen molar-refractivity contribution < 1.29 is 14.7 Å². The number of amides is 1. The van der Waals surface area contributed by atoms with Gasteiger partial charge in [0.1, 0.15) is 5.56 Å². The minimum absolute atomic E-state index is 0.0227. The van der Waals surface area contributed by atoms with Gasteiger partial charge in [-0.25, -0.2) is 9.48 Å². The summed E-state index contributed by atoms with van der Waals surface area (Å²) in [7, 11) is 4.30. The molecule has 2 N–H and O–H groups in total. The molecule has 2 heterocycles. The molecular weight excluding hydrogens is 590 g/mol. The molecule has 244 valence electrons. The topological polar surface area (TPSA) is 118 Å². The number of carbonyl (C=O) groups excluding carboxylic acids is 1. The lowest BCUT2D eigenvalue weighted by atomic mass is 9.74. The zero-order valence-electron chi connectivity index (χ0n) is 27.5. The number of rotatable bonds is 9. The highest BCUT2D eigenvalue weighted by Crippen LogP contribution is 2.41. The lowest BCUT2D eigenvalue weighted by Gasteiger charge is -2.45. The molecule has 0 atom stereocenters. The summed E-state index contributed by atoms with van der Waals surface area (Å²) >= 11 is 0. The third-order valence-corrected chi connectivity index (χ3v) is 8.89. The number of aryl methyl sites for hydroxylation is 1. The summed E-state index contributed by atoms with van der Waals surface area (Å²) < 4.78 is 1.70. The average molecular weight is 634 g/mol. The van der Waals surface area contributed by atoms with Crippen LogP contribution in [-0.4, -0.2) is 66.8 Å². The maximum absolute atomic E-state index is 12.9. The molecule has 3 aromatic carbocycles. The van der Waals surface area contributed by atoms with E-state index in [0.29, 0.717) is 17.8 Å². The number of carboxylic acids is 1. The second-order valence-corrected chi connectivity index (χ2v) is 12.1. The maximum atomic E-state index is 12.9. The number of nitrogens with one attached hydrogen (secondary N) is 1. The summed E-state index contributed by atoms with van der Waals surface area (Å²) in [5.41, 5.74) is 5.18. The maximum Gasteiger partial charge on any atom is 0.339 e. The van der Waals surface area contributed by atoms with Crippen molar-refractivity contribution in [1.29, 1.82) is 0 Å². The normalized spacial score (nSPS) is 17.5. The Balaban J connectivity index is 0.000000216. The molecule has 0 aliphatic heterocycles. The minimum atomic E-state index is -0.921. The summed E-state index contributed by atoms with van der Waals surface area (Å²) in [6.07, 6.45) is 6.89. The van der Waals surface area contributed by atoms with Crippen molar-refractivity contribution in [3.63, 3.8) is 0 Å². The molecule has 0 radical (unpaired) electrons. The van der Waals surface area contributed by atoms with Crippen LogP contribution >= 0.6 is 0 Å². The zero-order valence-corrected chi connectivity index (χ0v) is 27.5. The Kier molecular flexibility index (Phi) is 10.6. The average Bonchev–Trinajstić information content (AvgIpc) is 3.70. The van der Waals surface area contributed by atoms with Crippen molar-refractivity contribution in [1.82, 2.24) is 35.0 Å². The molecule has 0 spiro atoms. The van der Waals surface area contributed by atoms with Gasteiger partial charge in [-0.05, 0) is 83.0 Å². The highest BCUT2D eigenvalue weighted by atomic mass is 16.4. The van der Waals surface area contributed by atoms with Crippen LogP contribution in [0.3, 0.4) is 0 Å². The molecule has 1 aliphatic rings. The lowest BCUT2D eigenvalue weighted by molar-refractivity contribution is 0.0695. The summed E-state index contributed by atoms with van der Waals surface area (Å²) in [5, 5.41) is 25.3. The van der Waals surface area contributed by atoms with Crippen molar-refractivity contribution in [2.45, 2.75) is 64.0 Å². The van der Waals surface area contributed by atoms with Crippen molar-refractivity contribution >= 4 is 11.9 Å². The van der Waals surface area contributed by atoms with Gasteiger partial charge in [0, 0.05) is 11.6 Å². The number of hydrogen-bond acceptors (Lipinski definition) is 6. The van der Waals surface area contributed by atoms with Crippen LogP contribution in [0, 0.1) is 6.92 Å². The zero-order chi connectivity index (χ0) is 33.4. The minimum Gasteiger partial charge on any atom is -0.478 e. The van der Waals surface area contributed by atoms with Gasteiger partial charge in [-0.3, -0.25) is 9.69 Å². The first-order valence-corrected chi connectivity index (χ1v) is 16.1. The Bertz CT molecular complexity index is 1760. The van der Waals surface area contributed by atoms with E-state index in [4.69, 9.17) is 5.11 Å². The van der Waals surface area contributed by atoms with E-state index in [0.717, 1.165) is 49.2 Å². The monoisotopic (exact) mass is 633 g/mol. The van der Waals surface area contributed by atoms with E-state index in [-0.39, 0.29) is 23.1 Å². The Hall–Kier alpha value is -5.09. The van der Waals surface area contributed by atoms with Gasteiger partial charge in [-0.1, -0.05) is 80.1 Å². The molecule has 0 saturated heterocycles. The predicted molar refractivity (Wildman–Crippen MR) is 182 cm³/mol. The predicted octanol–water partition coefficient (Wildman–Crippen LogP) is 6.23. The van der Waals surface area contributed by atoms with Crippen LogP contribution in [0.15, 0.2) is 97.2 Å². The highest BCUT2D eigenvalue weighted by molar-refractivity contribution is 5.93. The molecule has 47 heavy (non-hydrogen) atoms. The first-order chi connectivity index (χ1) is 22.7. The number of para-hydroxylation sites is 2. The molecule has 10 nitrogen and oxygen atoms in total. The van der Waals surface area contributed by atoms with E-state index in [1.165, 1.54) is 16.6 Å². The van der Waals surface area contributed by atoms with Gasteiger partial charge < -0.3 is 10.4 Å². The molecule has 0 unspecified atom stereocenters. The first kappa shape index (κ1) is 33.3. The van der Waals surface area contributed by atoms with Crippen molar-refractivity contribution in [2.75, 3.05) is 14.1 Å². The number of hydrogen-bond donors (Lipinski definition) is 2. The molecule has 1 aliphatic carbocycles. The molecule has 0 bridgehead atoms. The largest absolute Gasteiger partial charge is 0.478 e. The second-order valence-electron chi connectivity index (χ2n) is 12.1. The third kappa shape index (κ3) is 7.49. The highest BCUT2D eigenvalue weighted by Gasteiger charge is 2.39. The Morgan fingerprint density at radius 2 is 1.47 bits per heavy atom. The molecule has 10 heteroatoms. The van der Waals surface area contributed by atoms with Crippen LogP contribution in [0.25, 0.3) is 11.4 Å². The molecule has 2 aromatic heterocycles. The first-order valence-electron chi connectivity index (χ1n) is 16.1. The fraction of sp³-hybridized carbons (Fsp3) is 0.324. The number of carbonyl (C=O) groups is 2. The van der Waals surface area contributed by atoms with Crippen LogP contribution in [0.5, 0.6) is 0 Å². The quantitative estimate of drug-likeness (QED) is 0.198. The Labute approximate surface area is 276 Å². The number of aromatic carboxylic acids is 1. The Morgan fingerprint density at radius 3 is 2.02 bits per heavy atom. The van der Waals surface area contributed by atoms with E-state index in [1.807, 2.05) is 74.5 Å². The van der Waals surface area contributed by atoms with E-state index >= 15 is 0 Å². The molecule has 1 saturated carbocycles. The summed E-state index contributed by atoms with van der Waals surface area (Å²) in [6.45, 7) is 3.85. The fourth-order valence-corrected chi connectivity index (χ4v) is 6.32. The number of aromatic nitrogens is 5. The van der Waals surface area contributed by atoms with Crippen LogP contribution in [-0.2, 0) is 12.0 Å². The van der Waals surface area contributed by atoms with Gasteiger partial charge >= 0.3 is 5.97 Å². The van der Waals surface area contributed by atoms with Crippen molar-refractivity contribution in [2.24, 2.45) is 0 Å². The molecule has 5 aromatic rings. The van der Waals surface area contributed by atoms with Crippen molar-refractivity contribution in [3.05, 3.63) is 125 Å². The van der Waals surface area contributed by atoms with E-state index < -0.39 is 5.97 Å². The van der Waals surface area contributed by atoms with Gasteiger partial charge in [0.2, 0.25) is 0 Å². The van der Waals surface area contributed by atoms with Gasteiger partial charge in [0.15, 0.2) is 5.69 Å². The van der Waals surface area contributed by atoms with Crippen LogP contribution in [0.4, 0.5) is 0 Å². The van der Waals surface area contributed by atoms with Crippen LogP contribution in [0.2, 0.25) is 0 Å². The molecule has 6 rings (SSSR count). The number of benzene rings is 3. The molecular formula is C37H43N7O3. The van der Waals surface area contributed by atoms with E-state index in [2.05, 4.69) is 69.9 Å². The van der Waals surface area contributed by atoms with Gasteiger partial charge in [0.25, 0.3) is 5.91 Å². The van der Waals surface area contributed by atoms with Gasteiger partial charge in [-0.15, -0.1) is 5.10 Å². The van der Waals surface area contributed by atoms with Crippen LogP contribution in [0.1, 0.15) is 76.8 Å². The Morgan fingerprint density at radius 1 is 0.894 bits per heavy atom. The SMILES string of the molecule is CCCc1c(C(=O)O)cnn1-c1ccccc1.Cc1nn(-c2ccccc2)nc1C(=O)NC1CCC(c2ccccc2)(N(C)C)CC1. The summed E-state index contributed by atoms with van der Waals surface area (Å²) in [4.78, 5) is 27.8. The lowest BCUT2D eigenvalue weighted by Crippen LogP contribution is -2.48. The van der Waals surface area contributed by atoms with E-state index in [9.17, 15) is 9.59 Å².